The van der Waals surface area contributed by atoms with Crippen molar-refractivity contribution in [1.82, 2.24) is 15.3 Å². The van der Waals surface area contributed by atoms with E-state index in [1.807, 2.05) is 0 Å². The molecule has 1 aromatic heterocycles. The van der Waals surface area contributed by atoms with Gasteiger partial charge in [-0.05, 0) is 18.9 Å². The maximum absolute atomic E-state index is 4.38. The van der Waals surface area contributed by atoms with Crippen molar-refractivity contribution in [2.45, 2.75) is 26.3 Å². The molecule has 0 bridgehead atoms. The van der Waals surface area contributed by atoms with Crippen LogP contribution in [0.1, 0.15) is 22.4 Å². The maximum atomic E-state index is 4.38. The predicted molar refractivity (Wildman–Crippen MR) is 80.8 cm³/mol. The molecule has 0 fully saturated rings. The third-order valence-corrected chi connectivity index (χ3v) is 3.66. The van der Waals surface area contributed by atoms with Crippen LogP contribution in [0.4, 0.5) is 5.82 Å². The lowest BCUT2D eigenvalue weighted by Crippen LogP contribution is -2.26. The van der Waals surface area contributed by atoms with Crippen LogP contribution < -0.4 is 10.6 Å². The van der Waals surface area contributed by atoms with E-state index < -0.39 is 0 Å². The van der Waals surface area contributed by atoms with E-state index >= 15 is 0 Å². The molecule has 0 atom stereocenters. The van der Waals surface area contributed by atoms with Crippen molar-refractivity contribution in [2.24, 2.45) is 0 Å². The number of aromatic nitrogens is 2. The first-order chi connectivity index (χ1) is 9.83. The minimum absolute atomic E-state index is 0.864. The fourth-order valence-electron chi connectivity index (χ4n) is 2.62. The highest BCUT2D eigenvalue weighted by Gasteiger charge is 2.14. The molecule has 1 aliphatic rings. The molecule has 2 heterocycles. The number of hydrogen-bond acceptors (Lipinski definition) is 4. The van der Waals surface area contributed by atoms with E-state index in [0.717, 1.165) is 38.3 Å². The molecule has 4 nitrogen and oxygen atoms in total. The number of benzene rings is 1. The molecular weight excluding hydrogens is 248 g/mol. The molecule has 1 aromatic carbocycles. The van der Waals surface area contributed by atoms with Crippen LogP contribution in [-0.4, -0.2) is 23.1 Å². The van der Waals surface area contributed by atoms with Gasteiger partial charge in [-0.3, -0.25) is 0 Å². The Kier molecular flexibility index (Phi) is 3.92. The second-order valence-electron chi connectivity index (χ2n) is 5.24. The van der Waals surface area contributed by atoms with Crippen LogP contribution in [0, 0.1) is 6.92 Å². The molecule has 1 aliphatic heterocycles. The number of fused-ring (bicyclic) bond motifs is 1. The van der Waals surface area contributed by atoms with Crippen LogP contribution in [-0.2, 0) is 19.4 Å². The van der Waals surface area contributed by atoms with Crippen LogP contribution in [0.25, 0.3) is 0 Å². The van der Waals surface area contributed by atoms with Crippen molar-refractivity contribution in [1.29, 1.82) is 0 Å². The Hall–Kier alpha value is -1.94. The first-order valence-electron chi connectivity index (χ1n) is 7.16. The lowest BCUT2D eigenvalue weighted by atomic mass is 10.1. The fourth-order valence-corrected chi connectivity index (χ4v) is 2.62. The van der Waals surface area contributed by atoms with Crippen molar-refractivity contribution in [2.75, 3.05) is 18.4 Å². The standard InChI is InChI=1S/C16H20N4/c1-12-3-2-4-13(9-12)5-8-18-16-14-10-17-7-6-15(14)19-11-20-16/h2-4,9,11,17H,5-8,10H2,1H3,(H,18,19,20). The van der Waals surface area contributed by atoms with E-state index in [2.05, 4.69) is 51.8 Å². The summed E-state index contributed by atoms with van der Waals surface area (Å²) in [6, 6.07) is 8.65. The molecule has 104 valence electrons. The minimum Gasteiger partial charge on any atom is -0.369 e. The van der Waals surface area contributed by atoms with Gasteiger partial charge in [0.1, 0.15) is 12.1 Å². The van der Waals surface area contributed by atoms with Gasteiger partial charge in [-0.1, -0.05) is 29.8 Å². The van der Waals surface area contributed by atoms with Crippen LogP contribution in [0.2, 0.25) is 0 Å². The van der Waals surface area contributed by atoms with E-state index in [1.165, 1.54) is 22.4 Å². The molecule has 4 heteroatoms. The molecule has 0 amide bonds. The molecule has 2 N–H and O–H groups in total. The van der Waals surface area contributed by atoms with Gasteiger partial charge in [0.25, 0.3) is 0 Å². The van der Waals surface area contributed by atoms with Crippen LogP contribution in [0.5, 0.6) is 0 Å². The highest BCUT2D eigenvalue weighted by molar-refractivity contribution is 5.47. The Morgan fingerprint density at radius 1 is 1.30 bits per heavy atom. The number of nitrogens with one attached hydrogen (secondary N) is 2. The summed E-state index contributed by atoms with van der Waals surface area (Å²) in [4.78, 5) is 8.75. The van der Waals surface area contributed by atoms with Gasteiger partial charge in [-0.25, -0.2) is 9.97 Å². The number of nitrogens with zero attached hydrogens (tertiary/aromatic N) is 2. The second-order valence-corrected chi connectivity index (χ2v) is 5.24. The third-order valence-electron chi connectivity index (χ3n) is 3.66. The van der Waals surface area contributed by atoms with Gasteiger partial charge in [0.05, 0.1) is 5.69 Å². The molecule has 0 unspecified atom stereocenters. The molecule has 0 saturated heterocycles. The highest BCUT2D eigenvalue weighted by atomic mass is 15.0. The lowest BCUT2D eigenvalue weighted by molar-refractivity contribution is 0.627. The first kappa shape index (κ1) is 13.1. The zero-order chi connectivity index (χ0) is 13.8. The van der Waals surface area contributed by atoms with Crippen LogP contribution in [0.15, 0.2) is 30.6 Å². The van der Waals surface area contributed by atoms with Crippen molar-refractivity contribution < 1.29 is 0 Å². The molecule has 0 saturated carbocycles. The van der Waals surface area contributed by atoms with Crippen molar-refractivity contribution in [3.05, 3.63) is 53.0 Å². The van der Waals surface area contributed by atoms with E-state index in [1.54, 1.807) is 6.33 Å². The van der Waals surface area contributed by atoms with Crippen molar-refractivity contribution in [3.8, 4) is 0 Å². The average molecular weight is 268 g/mol. The molecule has 20 heavy (non-hydrogen) atoms. The Morgan fingerprint density at radius 2 is 2.25 bits per heavy atom. The SMILES string of the molecule is Cc1cccc(CCNc2ncnc3c2CNCC3)c1. The quantitative estimate of drug-likeness (QED) is 0.891. The summed E-state index contributed by atoms with van der Waals surface area (Å²) in [5.74, 6) is 0.981. The second kappa shape index (κ2) is 6.01. The van der Waals surface area contributed by atoms with Gasteiger partial charge in [0.15, 0.2) is 0 Å². The van der Waals surface area contributed by atoms with E-state index in [9.17, 15) is 0 Å². The summed E-state index contributed by atoms with van der Waals surface area (Å²) >= 11 is 0. The molecule has 0 aliphatic carbocycles. The minimum atomic E-state index is 0.864. The summed E-state index contributed by atoms with van der Waals surface area (Å²) in [7, 11) is 0. The van der Waals surface area contributed by atoms with Crippen LogP contribution in [0.3, 0.4) is 0 Å². The fraction of sp³-hybridized carbons (Fsp3) is 0.375. The van der Waals surface area contributed by atoms with Crippen molar-refractivity contribution >= 4 is 5.82 Å². The zero-order valence-corrected chi connectivity index (χ0v) is 11.8. The number of anilines is 1. The Labute approximate surface area is 119 Å². The molecule has 0 radical (unpaired) electrons. The monoisotopic (exact) mass is 268 g/mol. The third kappa shape index (κ3) is 2.96. The number of aryl methyl sites for hydroxylation is 1. The van der Waals surface area contributed by atoms with Gasteiger partial charge in [0.2, 0.25) is 0 Å². The highest BCUT2D eigenvalue weighted by Crippen LogP contribution is 2.18. The summed E-state index contributed by atoms with van der Waals surface area (Å²) in [5.41, 5.74) is 5.07. The zero-order valence-electron chi connectivity index (χ0n) is 11.8. The van der Waals surface area contributed by atoms with Gasteiger partial charge in [0, 0.05) is 31.6 Å². The summed E-state index contributed by atoms with van der Waals surface area (Å²) in [6.07, 6.45) is 3.66. The summed E-state index contributed by atoms with van der Waals surface area (Å²) in [6.45, 7) is 4.89. The molecular formula is C16H20N4. The number of rotatable bonds is 4. The summed E-state index contributed by atoms with van der Waals surface area (Å²) < 4.78 is 0. The van der Waals surface area contributed by atoms with Gasteiger partial charge >= 0.3 is 0 Å². The van der Waals surface area contributed by atoms with Gasteiger partial charge in [-0.2, -0.15) is 0 Å². The van der Waals surface area contributed by atoms with Gasteiger partial charge < -0.3 is 10.6 Å². The predicted octanol–water partition coefficient (Wildman–Crippen LogP) is 2.09. The molecule has 2 aromatic rings. The Balaban J connectivity index is 1.64. The van der Waals surface area contributed by atoms with E-state index in [0.29, 0.717) is 0 Å². The van der Waals surface area contributed by atoms with Crippen molar-refractivity contribution in [3.63, 3.8) is 0 Å². The maximum Gasteiger partial charge on any atom is 0.134 e. The van der Waals surface area contributed by atoms with Crippen LogP contribution >= 0.6 is 0 Å². The Morgan fingerprint density at radius 3 is 3.15 bits per heavy atom. The normalized spacial score (nSPS) is 13.8. The lowest BCUT2D eigenvalue weighted by Gasteiger charge is -2.19. The first-order valence-corrected chi connectivity index (χ1v) is 7.16. The average Bonchev–Trinajstić information content (AvgIpc) is 2.48. The van der Waals surface area contributed by atoms with Gasteiger partial charge in [-0.15, -0.1) is 0 Å². The largest absolute Gasteiger partial charge is 0.369 e. The van der Waals surface area contributed by atoms with E-state index in [-0.39, 0.29) is 0 Å². The smallest absolute Gasteiger partial charge is 0.134 e. The topological polar surface area (TPSA) is 49.8 Å². The number of hydrogen-bond donors (Lipinski definition) is 2. The molecule has 0 spiro atoms. The molecule has 3 rings (SSSR count). The summed E-state index contributed by atoms with van der Waals surface area (Å²) in [5, 5.41) is 6.83. The Bertz CT molecular complexity index is 595. The van der Waals surface area contributed by atoms with E-state index in [4.69, 9.17) is 0 Å².